The average molecular weight is 246 g/mol. The number of carboxylic acids is 1. The maximum absolute atomic E-state index is 11.1. The minimum Gasteiger partial charge on any atom is -0.478 e. The van der Waals surface area contributed by atoms with E-state index in [-0.39, 0.29) is 6.61 Å². The van der Waals surface area contributed by atoms with Crippen molar-refractivity contribution in [3.05, 3.63) is 12.2 Å². The highest BCUT2D eigenvalue weighted by Crippen LogP contribution is 2.23. The number of methoxy groups -OCH3 is 2. The summed E-state index contributed by atoms with van der Waals surface area (Å²) >= 11 is 0. The van der Waals surface area contributed by atoms with Gasteiger partial charge in [0.05, 0.1) is 0 Å². The van der Waals surface area contributed by atoms with E-state index in [9.17, 15) is 9.59 Å². The third kappa shape index (κ3) is 6.03. The van der Waals surface area contributed by atoms with Gasteiger partial charge in [-0.1, -0.05) is 13.8 Å². The number of hydrogen-bond acceptors (Lipinski definition) is 5. The second-order valence-electron chi connectivity index (χ2n) is 4.07. The van der Waals surface area contributed by atoms with Gasteiger partial charge < -0.3 is 19.3 Å². The molecule has 0 spiro atoms. The highest BCUT2D eigenvalue weighted by atomic mass is 16.7. The number of carbonyl (C=O) groups is 2. The molecule has 1 N–H and O–H groups in total. The van der Waals surface area contributed by atoms with Crippen LogP contribution in [-0.2, 0) is 23.8 Å². The van der Waals surface area contributed by atoms with Crippen molar-refractivity contribution in [1.29, 1.82) is 0 Å². The summed E-state index contributed by atoms with van der Waals surface area (Å²) in [5.74, 6) is -1.92. The predicted molar refractivity (Wildman–Crippen MR) is 59.3 cm³/mol. The van der Waals surface area contributed by atoms with E-state index in [0.29, 0.717) is 0 Å². The summed E-state index contributed by atoms with van der Waals surface area (Å²) < 4.78 is 15.0. The topological polar surface area (TPSA) is 82.1 Å². The Morgan fingerprint density at radius 2 is 1.76 bits per heavy atom. The molecule has 0 rings (SSSR count). The van der Waals surface area contributed by atoms with Crippen LogP contribution in [-0.4, -0.2) is 44.2 Å². The van der Waals surface area contributed by atoms with Crippen molar-refractivity contribution in [2.45, 2.75) is 20.1 Å². The van der Waals surface area contributed by atoms with Gasteiger partial charge in [0.25, 0.3) is 0 Å². The minimum absolute atomic E-state index is 0.0577. The van der Waals surface area contributed by atoms with Gasteiger partial charge in [0.15, 0.2) is 6.29 Å². The SMILES string of the molecule is COC(OC)C(C)(C)COC(=O)C=CC(=O)O. The lowest BCUT2D eigenvalue weighted by molar-refractivity contribution is -0.186. The number of esters is 1. The van der Waals surface area contributed by atoms with Crippen LogP contribution in [0.5, 0.6) is 0 Å². The third-order valence-corrected chi connectivity index (χ3v) is 2.01. The van der Waals surface area contributed by atoms with Gasteiger partial charge in [-0.15, -0.1) is 0 Å². The molecule has 0 saturated heterocycles. The molecule has 0 aliphatic carbocycles. The molecule has 0 aliphatic heterocycles. The molecule has 0 heterocycles. The molecule has 0 fully saturated rings. The molecule has 0 aromatic rings. The van der Waals surface area contributed by atoms with Crippen LogP contribution in [0.3, 0.4) is 0 Å². The van der Waals surface area contributed by atoms with Crippen LogP contribution < -0.4 is 0 Å². The fraction of sp³-hybridized carbons (Fsp3) is 0.636. The largest absolute Gasteiger partial charge is 0.478 e. The quantitative estimate of drug-likeness (QED) is 0.407. The van der Waals surface area contributed by atoms with Gasteiger partial charge in [0.1, 0.15) is 6.61 Å². The molecule has 0 bridgehead atoms. The second-order valence-corrected chi connectivity index (χ2v) is 4.07. The lowest BCUT2D eigenvalue weighted by Crippen LogP contribution is -2.37. The lowest BCUT2D eigenvalue weighted by Gasteiger charge is -2.30. The molecule has 0 unspecified atom stereocenters. The zero-order valence-corrected chi connectivity index (χ0v) is 10.4. The molecular weight excluding hydrogens is 228 g/mol. The first kappa shape index (κ1) is 15.6. The first-order valence-electron chi connectivity index (χ1n) is 4.97. The van der Waals surface area contributed by atoms with Crippen LogP contribution in [0.15, 0.2) is 12.2 Å². The maximum Gasteiger partial charge on any atom is 0.331 e. The first-order chi connectivity index (χ1) is 7.83. The average Bonchev–Trinajstić information content (AvgIpc) is 2.25. The van der Waals surface area contributed by atoms with Gasteiger partial charge in [-0.25, -0.2) is 9.59 Å². The van der Waals surface area contributed by atoms with E-state index in [4.69, 9.17) is 19.3 Å². The van der Waals surface area contributed by atoms with Gasteiger partial charge in [0, 0.05) is 31.8 Å². The molecule has 0 radical (unpaired) electrons. The molecule has 0 aromatic carbocycles. The molecular formula is C11H18O6. The summed E-state index contributed by atoms with van der Waals surface area (Å²) in [6, 6.07) is 0. The van der Waals surface area contributed by atoms with Crippen LogP contribution >= 0.6 is 0 Å². The Labute approximate surface area is 100 Å². The predicted octanol–water partition coefficient (Wildman–Crippen LogP) is 0.815. The highest BCUT2D eigenvalue weighted by molar-refractivity contribution is 5.90. The van der Waals surface area contributed by atoms with E-state index < -0.39 is 23.6 Å². The van der Waals surface area contributed by atoms with Crippen molar-refractivity contribution >= 4 is 11.9 Å². The van der Waals surface area contributed by atoms with Gasteiger partial charge in [-0.2, -0.15) is 0 Å². The van der Waals surface area contributed by atoms with Gasteiger partial charge >= 0.3 is 11.9 Å². The van der Waals surface area contributed by atoms with Crippen LogP contribution in [0.1, 0.15) is 13.8 Å². The summed E-state index contributed by atoms with van der Waals surface area (Å²) in [5, 5.41) is 8.32. The molecule has 0 amide bonds. The zero-order valence-electron chi connectivity index (χ0n) is 10.4. The Bertz CT molecular complexity index is 290. The van der Waals surface area contributed by atoms with E-state index >= 15 is 0 Å². The molecule has 0 aliphatic rings. The molecule has 6 heteroatoms. The zero-order chi connectivity index (χ0) is 13.5. The Morgan fingerprint density at radius 1 is 1.24 bits per heavy atom. The van der Waals surface area contributed by atoms with Crippen molar-refractivity contribution in [3.63, 3.8) is 0 Å². The van der Waals surface area contributed by atoms with E-state index in [0.717, 1.165) is 12.2 Å². The van der Waals surface area contributed by atoms with Crippen molar-refractivity contribution < 1.29 is 28.9 Å². The number of rotatable bonds is 7. The van der Waals surface area contributed by atoms with E-state index in [1.54, 1.807) is 13.8 Å². The number of carbonyl (C=O) groups excluding carboxylic acids is 1. The molecule has 98 valence electrons. The van der Waals surface area contributed by atoms with Crippen molar-refractivity contribution in [2.75, 3.05) is 20.8 Å². The first-order valence-corrected chi connectivity index (χ1v) is 4.97. The second kappa shape index (κ2) is 7.03. The molecule has 0 saturated carbocycles. The van der Waals surface area contributed by atoms with Gasteiger partial charge in [-0.05, 0) is 0 Å². The van der Waals surface area contributed by atoms with Gasteiger partial charge in [0.2, 0.25) is 0 Å². The molecule has 0 aromatic heterocycles. The lowest BCUT2D eigenvalue weighted by atomic mass is 9.94. The molecule has 0 atom stereocenters. The summed E-state index contributed by atoms with van der Waals surface area (Å²) in [6.07, 6.45) is 1.06. The highest BCUT2D eigenvalue weighted by Gasteiger charge is 2.31. The Hall–Kier alpha value is -1.40. The number of carboxylic acid groups (broad SMARTS) is 1. The number of ether oxygens (including phenoxy) is 3. The Balaban J connectivity index is 4.26. The Kier molecular flexibility index (Phi) is 6.45. The monoisotopic (exact) mass is 246 g/mol. The Morgan fingerprint density at radius 3 is 2.18 bits per heavy atom. The fourth-order valence-electron chi connectivity index (χ4n) is 1.25. The van der Waals surface area contributed by atoms with E-state index in [1.165, 1.54) is 14.2 Å². The summed E-state index contributed by atoms with van der Waals surface area (Å²) in [7, 11) is 2.98. The summed E-state index contributed by atoms with van der Waals surface area (Å²) in [5.41, 5.74) is -0.532. The van der Waals surface area contributed by atoms with E-state index in [1.807, 2.05) is 0 Å². The minimum atomic E-state index is -1.20. The van der Waals surface area contributed by atoms with Crippen LogP contribution in [0.25, 0.3) is 0 Å². The normalized spacial score (nSPS) is 12.1. The summed E-state index contributed by atoms with van der Waals surface area (Å²) in [4.78, 5) is 21.3. The van der Waals surface area contributed by atoms with E-state index in [2.05, 4.69) is 0 Å². The number of hydrogen-bond donors (Lipinski definition) is 1. The van der Waals surface area contributed by atoms with Crippen LogP contribution in [0.4, 0.5) is 0 Å². The van der Waals surface area contributed by atoms with Crippen LogP contribution in [0, 0.1) is 5.41 Å². The van der Waals surface area contributed by atoms with Gasteiger partial charge in [-0.3, -0.25) is 0 Å². The third-order valence-electron chi connectivity index (χ3n) is 2.01. The standard InChI is InChI=1S/C11H18O6/c1-11(2,10(15-3)16-4)7-17-9(14)6-5-8(12)13/h5-6,10H,7H2,1-4H3,(H,12,13). The van der Waals surface area contributed by atoms with Crippen molar-refractivity contribution in [3.8, 4) is 0 Å². The van der Waals surface area contributed by atoms with Crippen molar-refractivity contribution in [2.24, 2.45) is 5.41 Å². The summed E-state index contributed by atoms with van der Waals surface area (Å²) in [6.45, 7) is 3.67. The maximum atomic E-state index is 11.1. The van der Waals surface area contributed by atoms with Crippen LogP contribution in [0.2, 0.25) is 0 Å². The number of aliphatic carboxylic acids is 1. The molecule has 6 nitrogen and oxygen atoms in total. The smallest absolute Gasteiger partial charge is 0.331 e. The fourth-order valence-corrected chi connectivity index (χ4v) is 1.25. The van der Waals surface area contributed by atoms with Crippen molar-refractivity contribution in [1.82, 2.24) is 0 Å². The molecule has 17 heavy (non-hydrogen) atoms.